The van der Waals surface area contributed by atoms with E-state index in [2.05, 4.69) is 13.8 Å². The maximum atomic E-state index is 9.37. The Kier molecular flexibility index (Phi) is 12.7. The first-order chi connectivity index (χ1) is 3.68. The topological polar surface area (TPSA) is 37.3 Å². The van der Waals surface area contributed by atoms with Crippen LogP contribution in [0.2, 0.25) is 0 Å². The van der Waals surface area contributed by atoms with Crippen LogP contribution in [0.1, 0.15) is 33.6 Å². The first-order valence-electron chi connectivity index (χ1n) is 2.90. The van der Waals surface area contributed by atoms with Crippen LogP contribution in [0.5, 0.6) is 0 Å². The Morgan fingerprint density at radius 1 is 1.38 bits per heavy atom. The fraction of sp³-hybridized carbons (Fsp3) is 0.833. The number of hydrogen-bond acceptors (Lipinski definition) is 1. The van der Waals surface area contributed by atoms with Gasteiger partial charge in [-0.2, -0.15) is 0 Å². The number of carbonyl (C=O) groups is 1. The van der Waals surface area contributed by atoms with Crippen molar-refractivity contribution < 1.29 is 9.90 Å². The van der Waals surface area contributed by atoms with E-state index in [9.17, 15) is 4.79 Å². The largest absolute Gasteiger partial charge is 0.481 e. The maximum absolute atomic E-state index is 9.37. The molecule has 0 atom stereocenters. The molecule has 50 valence electrons. The summed E-state index contributed by atoms with van der Waals surface area (Å²) in [6.45, 7) is 5.85. The van der Waals surface area contributed by atoms with Gasteiger partial charge in [0.05, 0.1) is 0 Å². The van der Waals surface area contributed by atoms with Crippen LogP contribution in [-0.2, 0) is 4.79 Å². The Morgan fingerprint density at radius 2 is 1.50 bits per heavy atom. The predicted molar refractivity (Wildman–Crippen MR) is 33.9 cm³/mol. The minimum atomic E-state index is -0.745. The highest BCUT2D eigenvalue weighted by atomic mass is 16.4. The summed E-state index contributed by atoms with van der Waals surface area (Å²) in [6.07, 6.45) is 1.47. The zero-order valence-corrected chi connectivity index (χ0v) is 5.77. The minimum absolute atomic E-state index is 0.222. The average Bonchev–Trinajstić information content (AvgIpc) is 1.69. The van der Waals surface area contributed by atoms with Gasteiger partial charge in [-0.05, 0) is 0 Å². The van der Waals surface area contributed by atoms with Gasteiger partial charge in [-0.3, -0.25) is 4.79 Å². The van der Waals surface area contributed by atoms with Gasteiger partial charge in [-0.15, -0.1) is 0 Å². The molecule has 0 aliphatic carbocycles. The molecule has 0 saturated heterocycles. The molecule has 2 nitrogen and oxygen atoms in total. The molecule has 2 heteroatoms. The van der Waals surface area contributed by atoms with Gasteiger partial charge < -0.3 is 5.11 Å². The van der Waals surface area contributed by atoms with Crippen LogP contribution in [0.25, 0.3) is 0 Å². The van der Waals surface area contributed by atoms with Gasteiger partial charge in [0.25, 0.3) is 0 Å². The van der Waals surface area contributed by atoms with E-state index in [4.69, 9.17) is 5.11 Å². The van der Waals surface area contributed by atoms with Crippen LogP contribution in [0.3, 0.4) is 0 Å². The molecule has 0 radical (unpaired) electrons. The summed E-state index contributed by atoms with van der Waals surface area (Å²) >= 11 is 0. The van der Waals surface area contributed by atoms with Crippen molar-refractivity contribution in [1.29, 1.82) is 0 Å². The maximum Gasteiger partial charge on any atom is 0.303 e. The van der Waals surface area contributed by atoms with Gasteiger partial charge in [0, 0.05) is 6.42 Å². The molecule has 0 aliphatic heterocycles. The molecule has 1 N–H and O–H groups in total. The minimum Gasteiger partial charge on any atom is -0.481 e. The van der Waals surface area contributed by atoms with Gasteiger partial charge in [-0.25, -0.2) is 0 Å². The molecule has 0 heterocycles. The average molecular weight is 118 g/mol. The van der Waals surface area contributed by atoms with Crippen molar-refractivity contribution >= 4 is 5.97 Å². The lowest BCUT2D eigenvalue weighted by Crippen LogP contribution is -1.86. The van der Waals surface area contributed by atoms with E-state index in [0.29, 0.717) is 0 Å². The number of aliphatic carboxylic acids is 1. The molecule has 0 saturated carbocycles. The third kappa shape index (κ3) is 50.6. The van der Waals surface area contributed by atoms with E-state index in [1.807, 2.05) is 0 Å². The molecule has 0 unspecified atom stereocenters. The molecular formula is C6H14O2. The van der Waals surface area contributed by atoms with Gasteiger partial charge in [-0.1, -0.05) is 27.2 Å². The SMILES string of the molecule is CCC.CCC(=O)O. The highest BCUT2D eigenvalue weighted by Crippen LogP contribution is 1.67. The molecule has 0 aromatic rings. The predicted octanol–water partition coefficient (Wildman–Crippen LogP) is 1.90. The second-order valence-electron chi connectivity index (χ2n) is 1.45. The zero-order chi connectivity index (χ0) is 6.99. The fourth-order valence-electron chi connectivity index (χ4n) is 0. The fourth-order valence-corrected chi connectivity index (χ4v) is 0. The molecular weight excluding hydrogens is 104 g/mol. The van der Waals surface area contributed by atoms with Crippen LogP contribution in [0.15, 0.2) is 0 Å². The van der Waals surface area contributed by atoms with Crippen molar-refractivity contribution in [1.82, 2.24) is 0 Å². The van der Waals surface area contributed by atoms with Crippen molar-refractivity contribution in [3.8, 4) is 0 Å². The Labute approximate surface area is 50.5 Å². The van der Waals surface area contributed by atoms with Crippen LogP contribution < -0.4 is 0 Å². The van der Waals surface area contributed by atoms with E-state index in [-0.39, 0.29) is 6.42 Å². The quantitative estimate of drug-likeness (QED) is 0.571. The first-order valence-corrected chi connectivity index (χ1v) is 2.90. The number of carboxylic acid groups (broad SMARTS) is 1. The van der Waals surface area contributed by atoms with Crippen LogP contribution in [-0.4, -0.2) is 11.1 Å². The van der Waals surface area contributed by atoms with E-state index in [1.54, 1.807) is 6.92 Å². The summed E-state index contributed by atoms with van der Waals surface area (Å²) in [5.74, 6) is -0.745. The monoisotopic (exact) mass is 118 g/mol. The van der Waals surface area contributed by atoms with Gasteiger partial charge >= 0.3 is 5.97 Å². The summed E-state index contributed by atoms with van der Waals surface area (Å²) < 4.78 is 0. The van der Waals surface area contributed by atoms with Crippen molar-refractivity contribution in [3.63, 3.8) is 0 Å². The normalized spacial score (nSPS) is 6.88. The van der Waals surface area contributed by atoms with E-state index in [0.717, 1.165) is 0 Å². The standard InChI is InChI=1S/C3H6O2.C3H8/c1-2-3(4)5;1-3-2/h2H2,1H3,(H,4,5);3H2,1-2H3. The summed E-state index contributed by atoms with van der Waals surface area (Å²) in [7, 11) is 0. The molecule has 0 amide bonds. The third-order valence-electron chi connectivity index (χ3n) is 0.302. The number of carboxylic acids is 1. The smallest absolute Gasteiger partial charge is 0.303 e. The highest BCUT2D eigenvalue weighted by molar-refractivity contribution is 5.66. The Bertz CT molecular complexity index is 50.5. The second kappa shape index (κ2) is 9.69. The Hall–Kier alpha value is -0.530. The van der Waals surface area contributed by atoms with E-state index in [1.165, 1.54) is 6.42 Å². The van der Waals surface area contributed by atoms with Gasteiger partial charge in [0.1, 0.15) is 0 Å². The Balaban J connectivity index is 0. The molecule has 0 aromatic heterocycles. The number of hydrogen-bond donors (Lipinski definition) is 1. The summed E-state index contributed by atoms with van der Waals surface area (Å²) in [5.41, 5.74) is 0. The Morgan fingerprint density at radius 3 is 1.50 bits per heavy atom. The molecule has 0 spiro atoms. The molecule has 0 fully saturated rings. The molecule has 8 heavy (non-hydrogen) atoms. The molecule has 0 rings (SSSR count). The number of rotatable bonds is 1. The van der Waals surface area contributed by atoms with Crippen molar-refractivity contribution in [2.75, 3.05) is 0 Å². The van der Waals surface area contributed by atoms with Crippen molar-refractivity contribution in [2.24, 2.45) is 0 Å². The molecule has 0 aromatic carbocycles. The van der Waals surface area contributed by atoms with Crippen molar-refractivity contribution in [2.45, 2.75) is 33.6 Å². The lowest BCUT2D eigenvalue weighted by molar-refractivity contribution is -0.136. The summed E-state index contributed by atoms with van der Waals surface area (Å²) in [4.78, 5) is 9.37. The van der Waals surface area contributed by atoms with Gasteiger partial charge in [0.15, 0.2) is 0 Å². The third-order valence-corrected chi connectivity index (χ3v) is 0.302. The van der Waals surface area contributed by atoms with Gasteiger partial charge in [0.2, 0.25) is 0 Å². The summed E-state index contributed by atoms with van der Waals surface area (Å²) in [6, 6.07) is 0. The van der Waals surface area contributed by atoms with E-state index < -0.39 is 5.97 Å². The van der Waals surface area contributed by atoms with E-state index >= 15 is 0 Å². The highest BCUT2D eigenvalue weighted by Gasteiger charge is 1.80. The zero-order valence-electron chi connectivity index (χ0n) is 5.77. The first kappa shape index (κ1) is 10.5. The second-order valence-corrected chi connectivity index (χ2v) is 1.45. The molecule has 0 bridgehead atoms. The summed E-state index contributed by atoms with van der Waals surface area (Å²) in [5, 5.41) is 7.72. The van der Waals surface area contributed by atoms with Crippen LogP contribution in [0, 0.1) is 0 Å². The van der Waals surface area contributed by atoms with Crippen LogP contribution >= 0.6 is 0 Å². The van der Waals surface area contributed by atoms with Crippen molar-refractivity contribution in [3.05, 3.63) is 0 Å². The lowest BCUT2D eigenvalue weighted by Gasteiger charge is -1.71. The molecule has 0 aliphatic rings. The van der Waals surface area contributed by atoms with Crippen LogP contribution in [0.4, 0.5) is 0 Å². The lowest BCUT2D eigenvalue weighted by atomic mass is 10.5.